The number of nitrogens with one attached hydrogen (secondary N) is 2. The Bertz CT molecular complexity index is 843. The second-order valence-corrected chi connectivity index (χ2v) is 4.48. The zero-order valence-electron chi connectivity index (χ0n) is 11.0. The smallest absolute Gasteiger partial charge is 0.287 e. The van der Waals surface area contributed by atoms with Crippen LogP contribution in [0.2, 0.25) is 0 Å². The zero-order valence-corrected chi connectivity index (χ0v) is 11.0. The van der Waals surface area contributed by atoms with Gasteiger partial charge in [0.1, 0.15) is 0 Å². The number of rotatable bonds is 3. The lowest BCUT2D eigenvalue weighted by Gasteiger charge is -2.05. The highest BCUT2D eigenvalue weighted by atomic mass is 16.2. The van der Waals surface area contributed by atoms with Crippen LogP contribution in [-0.4, -0.2) is 20.9 Å². The number of hydrogen-bond donors (Lipinski definition) is 2. The standard InChI is InChI=1S/C15H12N4O2/c20-14-11-5-1-2-6-12(11)18-13(19-14)15(21)17-9-10-4-3-7-16-8-10/h1-8H,9H2,(H,17,21)(H,18,19,20). The molecule has 0 saturated heterocycles. The van der Waals surface area contributed by atoms with Crippen molar-refractivity contribution in [2.75, 3.05) is 0 Å². The van der Waals surface area contributed by atoms with E-state index in [0.717, 1.165) is 5.56 Å². The topological polar surface area (TPSA) is 87.7 Å². The molecule has 2 heterocycles. The van der Waals surface area contributed by atoms with Crippen LogP contribution in [-0.2, 0) is 6.54 Å². The van der Waals surface area contributed by atoms with Crippen LogP contribution in [0.5, 0.6) is 0 Å². The highest BCUT2D eigenvalue weighted by Crippen LogP contribution is 2.05. The Hall–Kier alpha value is -3.02. The van der Waals surface area contributed by atoms with Crippen LogP contribution < -0.4 is 10.9 Å². The van der Waals surface area contributed by atoms with E-state index in [0.29, 0.717) is 17.4 Å². The Kier molecular flexibility index (Phi) is 3.42. The van der Waals surface area contributed by atoms with Crippen molar-refractivity contribution in [1.82, 2.24) is 20.3 Å². The van der Waals surface area contributed by atoms with Gasteiger partial charge >= 0.3 is 0 Å². The molecule has 0 atom stereocenters. The number of para-hydroxylation sites is 1. The van der Waals surface area contributed by atoms with Gasteiger partial charge in [-0.25, -0.2) is 4.98 Å². The monoisotopic (exact) mass is 280 g/mol. The summed E-state index contributed by atoms with van der Waals surface area (Å²) in [5, 5.41) is 3.16. The molecule has 1 amide bonds. The van der Waals surface area contributed by atoms with Crippen LogP contribution in [0.4, 0.5) is 0 Å². The summed E-state index contributed by atoms with van der Waals surface area (Å²) in [4.78, 5) is 34.6. The SMILES string of the molecule is O=C(NCc1cccnc1)c1nc2ccccc2c(=O)[nH]1. The van der Waals surface area contributed by atoms with E-state index in [1.165, 1.54) is 0 Å². The molecule has 0 aliphatic rings. The van der Waals surface area contributed by atoms with Crippen molar-refractivity contribution >= 4 is 16.8 Å². The first-order chi connectivity index (χ1) is 10.2. The molecule has 1 aromatic carbocycles. The number of pyridine rings is 1. The molecule has 3 rings (SSSR count). The third-order valence-corrected chi connectivity index (χ3v) is 3.00. The van der Waals surface area contributed by atoms with Gasteiger partial charge in [-0.2, -0.15) is 0 Å². The fourth-order valence-corrected chi connectivity index (χ4v) is 1.96. The maximum atomic E-state index is 12.0. The molecule has 0 saturated carbocycles. The Morgan fingerprint density at radius 1 is 1.19 bits per heavy atom. The van der Waals surface area contributed by atoms with Crippen LogP contribution in [0.3, 0.4) is 0 Å². The van der Waals surface area contributed by atoms with Gasteiger partial charge in [-0.3, -0.25) is 14.6 Å². The number of carbonyl (C=O) groups excluding carboxylic acids is 1. The lowest BCUT2D eigenvalue weighted by atomic mass is 10.2. The summed E-state index contributed by atoms with van der Waals surface area (Å²) in [7, 11) is 0. The number of nitrogens with zero attached hydrogens (tertiary/aromatic N) is 2. The number of benzene rings is 1. The molecule has 6 nitrogen and oxygen atoms in total. The maximum absolute atomic E-state index is 12.0. The average Bonchev–Trinajstić information content (AvgIpc) is 2.53. The molecule has 104 valence electrons. The number of hydrogen-bond acceptors (Lipinski definition) is 4. The Labute approximate surface area is 119 Å². The summed E-state index contributed by atoms with van der Waals surface area (Å²) >= 11 is 0. The second-order valence-electron chi connectivity index (χ2n) is 4.48. The van der Waals surface area contributed by atoms with E-state index in [1.807, 2.05) is 6.07 Å². The van der Waals surface area contributed by atoms with Gasteiger partial charge in [0.25, 0.3) is 11.5 Å². The normalized spacial score (nSPS) is 10.5. The second kappa shape index (κ2) is 5.54. The first-order valence-corrected chi connectivity index (χ1v) is 6.40. The Morgan fingerprint density at radius 2 is 2.05 bits per heavy atom. The molecule has 0 radical (unpaired) electrons. The molecular formula is C15H12N4O2. The average molecular weight is 280 g/mol. The maximum Gasteiger partial charge on any atom is 0.287 e. The van der Waals surface area contributed by atoms with Crippen LogP contribution in [0.15, 0.2) is 53.6 Å². The molecule has 0 spiro atoms. The summed E-state index contributed by atoms with van der Waals surface area (Å²) in [6, 6.07) is 10.5. The van der Waals surface area contributed by atoms with Crippen molar-refractivity contribution in [2.45, 2.75) is 6.54 Å². The van der Waals surface area contributed by atoms with E-state index in [9.17, 15) is 9.59 Å². The summed E-state index contributed by atoms with van der Waals surface area (Å²) in [5.41, 5.74) is 1.04. The van der Waals surface area contributed by atoms with Crippen LogP contribution in [0.1, 0.15) is 16.2 Å². The summed E-state index contributed by atoms with van der Waals surface area (Å²) in [6.07, 6.45) is 3.32. The van der Waals surface area contributed by atoms with Gasteiger partial charge in [-0.05, 0) is 23.8 Å². The molecule has 0 fully saturated rings. The molecule has 0 unspecified atom stereocenters. The Morgan fingerprint density at radius 3 is 2.86 bits per heavy atom. The largest absolute Gasteiger partial charge is 0.345 e. The minimum atomic E-state index is -0.429. The molecule has 0 aliphatic heterocycles. The molecule has 0 bridgehead atoms. The molecule has 0 aliphatic carbocycles. The van der Waals surface area contributed by atoms with Gasteiger partial charge in [-0.15, -0.1) is 0 Å². The number of amides is 1. The Balaban J connectivity index is 1.83. The predicted octanol–water partition coefficient (Wildman–Crippen LogP) is 1.25. The van der Waals surface area contributed by atoms with Gasteiger partial charge in [0.2, 0.25) is 0 Å². The first-order valence-electron chi connectivity index (χ1n) is 6.40. The van der Waals surface area contributed by atoms with Crippen LogP contribution in [0.25, 0.3) is 10.9 Å². The highest BCUT2D eigenvalue weighted by molar-refractivity contribution is 5.92. The van der Waals surface area contributed by atoms with Gasteiger partial charge in [0.15, 0.2) is 5.82 Å². The van der Waals surface area contributed by atoms with Crippen molar-refractivity contribution in [1.29, 1.82) is 0 Å². The molecule has 3 aromatic rings. The molecule has 6 heteroatoms. The fraction of sp³-hybridized carbons (Fsp3) is 0.0667. The predicted molar refractivity (Wildman–Crippen MR) is 77.8 cm³/mol. The van der Waals surface area contributed by atoms with E-state index >= 15 is 0 Å². The highest BCUT2D eigenvalue weighted by Gasteiger charge is 2.10. The summed E-state index contributed by atoms with van der Waals surface area (Å²) in [5.74, 6) is -0.427. The zero-order chi connectivity index (χ0) is 14.7. The number of fused-ring (bicyclic) bond motifs is 1. The van der Waals surface area contributed by atoms with Crippen molar-refractivity contribution < 1.29 is 4.79 Å². The molecule has 2 aromatic heterocycles. The van der Waals surface area contributed by atoms with Gasteiger partial charge < -0.3 is 10.3 Å². The first kappa shape index (κ1) is 13.0. The number of carbonyl (C=O) groups is 1. The molecule has 2 N–H and O–H groups in total. The van der Waals surface area contributed by atoms with Crippen molar-refractivity contribution in [3.05, 3.63) is 70.5 Å². The van der Waals surface area contributed by atoms with Gasteiger partial charge in [0.05, 0.1) is 10.9 Å². The summed E-state index contributed by atoms with van der Waals surface area (Å²) in [6.45, 7) is 0.323. The molecule has 21 heavy (non-hydrogen) atoms. The van der Waals surface area contributed by atoms with E-state index in [-0.39, 0.29) is 11.4 Å². The number of H-pyrrole nitrogens is 1. The van der Waals surface area contributed by atoms with E-state index in [1.54, 1.807) is 42.7 Å². The minimum Gasteiger partial charge on any atom is -0.345 e. The minimum absolute atomic E-state index is 0.00240. The third-order valence-electron chi connectivity index (χ3n) is 3.00. The van der Waals surface area contributed by atoms with Crippen LogP contribution >= 0.6 is 0 Å². The molecular weight excluding hydrogens is 268 g/mol. The van der Waals surface area contributed by atoms with Gasteiger partial charge in [0, 0.05) is 18.9 Å². The van der Waals surface area contributed by atoms with Crippen LogP contribution in [0, 0.1) is 0 Å². The number of aromatic nitrogens is 3. The van der Waals surface area contributed by atoms with Crippen molar-refractivity contribution in [3.8, 4) is 0 Å². The summed E-state index contributed by atoms with van der Waals surface area (Å²) < 4.78 is 0. The van der Waals surface area contributed by atoms with E-state index in [2.05, 4.69) is 20.3 Å². The van der Waals surface area contributed by atoms with Crippen molar-refractivity contribution in [2.24, 2.45) is 0 Å². The van der Waals surface area contributed by atoms with E-state index in [4.69, 9.17) is 0 Å². The lowest BCUT2D eigenvalue weighted by Crippen LogP contribution is -2.27. The lowest BCUT2D eigenvalue weighted by molar-refractivity contribution is 0.0940. The quantitative estimate of drug-likeness (QED) is 0.755. The van der Waals surface area contributed by atoms with E-state index < -0.39 is 5.91 Å². The third kappa shape index (κ3) is 2.79. The number of aromatic amines is 1. The van der Waals surface area contributed by atoms with Crippen molar-refractivity contribution in [3.63, 3.8) is 0 Å². The fourth-order valence-electron chi connectivity index (χ4n) is 1.96. The van der Waals surface area contributed by atoms with Gasteiger partial charge in [-0.1, -0.05) is 18.2 Å².